The molecule has 0 bridgehead atoms. The zero-order valence-electron chi connectivity index (χ0n) is 9.85. The fraction of sp³-hybridized carbons (Fsp3) is 0.500. The monoisotopic (exact) mass is 194 g/mol. The molecule has 0 saturated heterocycles. The number of allylic oxidation sites excluding steroid dienone is 3. The van der Waals surface area contributed by atoms with E-state index in [1.165, 1.54) is 5.57 Å². The van der Waals surface area contributed by atoms with Crippen molar-refractivity contribution in [3.63, 3.8) is 0 Å². The molecule has 80 valence electrons. The van der Waals surface area contributed by atoms with Crippen LogP contribution in [0.2, 0.25) is 0 Å². The van der Waals surface area contributed by atoms with Gasteiger partial charge < -0.3 is 5.32 Å². The van der Waals surface area contributed by atoms with Crippen LogP contribution in [0.15, 0.2) is 36.1 Å². The maximum atomic E-state index is 3.97. The van der Waals surface area contributed by atoms with Gasteiger partial charge >= 0.3 is 0 Å². The highest BCUT2D eigenvalue weighted by Gasteiger charge is 1.95. The van der Waals surface area contributed by atoms with Gasteiger partial charge in [-0.25, -0.2) is 0 Å². The summed E-state index contributed by atoms with van der Waals surface area (Å²) in [5.41, 5.74) is 3.30. The van der Waals surface area contributed by atoms with Gasteiger partial charge in [0, 0.05) is 5.70 Å². The number of rotatable bonds is 6. The zero-order chi connectivity index (χ0) is 11.1. The van der Waals surface area contributed by atoms with Crippen LogP contribution >= 0.6 is 0 Å². The summed E-state index contributed by atoms with van der Waals surface area (Å²) >= 11 is 0. The largest absolute Gasteiger partial charge is 0.373 e. The third-order valence-electron chi connectivity index (χ3n) is 2.00. The van der Waals surface area contributed by atoms with Gasteiger partial charge in [-0.15, -0.1) is 0 Å². The van der Waals surface area contributed by atoms with Crippen LogP contribution in [-0.2, 0) is 0 Å². The second-order valence-corrected chi connectivity index (χ2v) is 3.72. The van der Waals surface area contributed by atoms with Crippen molar-refractivity contribution in [1.29, 1.82) is 0 Å². The first-order chi connectivity index (χ1) is 6.47. The molecule has 0 amide bonds. The van der Waals surface area contributed by atoms with Gasteiger partial charge in [-0.2, -0.15) is 0 Å². The van der Waals surface area contributed by atoms with Gasteiger partial charge in [-0.05, 0) is 39.1 Å². The van der Waals surface area contributed by atoms with Crippen LogP contribution in [0.3, 0.4) is 0 Å². The molecule has 0 radical (unpaired) electrons. The van der Waals surface area contributed by atoms with Gasteiger partial charge in [-0.3, -0.25) is 4.90 Å². The molecule has 0 aliphatic rings. The second-order valence-electron chi connectivity index (χ2n) is 3.72. The maximum Gasteiger partial charge on any atom is 0.0673 e. The molecule has 0 aromatic heterocycles. The van der Waals surface area contributed by atoms with E-state index in [1.54, 1.807) is 0 Å². The molecule has 0 spiro atoms. The Kier molecular flexibility index (Phi) is 5.97. The molecule has 0 aliphatic heterocycles. The van der Waals surface area contributed by atoms with Crippen LogP contribution < -0.4 is 5.32 Å². The highest BCUT2D eigenvalue weighted by atomic mass is 15.2. The Bertz CT molecular complexity index is 237. The van der Waals surface area contributed by atoms with Crippen LogP contribution in [-0.4, -0.2) is 25.7 Å². The van der Waals surface area contributed by atoms with Crippen LogP contribution in [0, 0.1) is 0 Å². The normalized spacial score (nSPS) is 11.6. The number of nitrogens with zero attached hydrogens (tertiary/aromatic N) is 1. The van der Waals surface area contributed by atoms with E-state index >= 15 is 0 Å². The lowest BCUT2D eigenvalue weighted by molar-refractivity contribution is 0.389. The Hall–Kier alpha value is -1.02. The van der Waals surface area contributed by atoms with Crippen molar-refractivity contribution in [1.82, 2.24) is 10.2 Å². The van der Waals surface area contributed by atoms with Crippen molar-refractivity contribution < 1.29 is 0 Å². The first-order valence-corrected chi connectivity index (χ1v) is 4.91. The van der Waals surface area contributed by atoms with E-state index in [0.29, 0.717) is 0 Å². The van der Waals surface area contributed by atoms with Crippen LogP contribution in [0.4, 0.5) is 0 Å². The smallest absolute Gasteiger partial charge is 0.0673 e. The van der Waals surface area contributed by atoms with Gasteiger partial charge in [0.25, 0.3) is 0 Å². The van der Waals surface area contributed by atoms with E-state index in [4.69, 9.17) is 0 Å². The Morgan fingerprint density at radius 2 is 1.93 bits per heavy atom. The molecule has 14 heavy (non-hydrogen) atoms. The molecule has 0 saturated carbocycles. The van der Waals surface area contributed by atoms with Gasteiger partial charge in [0.15, 0.2) is 0 Å². The van der Waals surface area contributed by atoms with Crippen molar-refractivity contribution in [3.8, 4) is 0 Å². The maximum absolute atomic E-state index is 3.97. The van der Waals surface area contributed by atoms with E-state index in [2.05, 4.69) is 37.2 Å². The lowest BCUT2D eigenvalue weighted by atomic mass is 10.1. The molecule has 1 N–H and O–H groups in total. The molecular weight excluding hydrogens is 172 g/mol. The summed E-state index contributed by atoms with van der Waals surface area (Å²) in [5, 5.41) is 3.21. The minimum absolute atomic E-state index is 0.807. The summed E-state index contributed by atoms with van der Waals surface area (Å²) in [5.74, 6) is 0. The fourth-order valence-electron chi connectivity index (χ4n) is 0.953. The molecular formula is C12H22N2. The van der Waals surface area contributed by atoms with Crippen molar-refractivity contribution in [2.24, 2.45) is 0 Å². The minimum Gasteiger partial charge on any atom is -0.373 e. The van der Waals surface area contributed by atoms with Gasteiger partial charge in [0.1, 0.15) is 0 Å². The lowest BCUT2D eigenvalue weighted by Gasteiger charge is -2.13. The number of nitrogens with one attached hydrogen (secondary N) is 1. The van der Waals surface area contributed by atoms with E-state index < -0.39 is 0 Å². The van der Waals surface area contributed by atoms with Crippen LogP contribution in [0.1, 0.15) is 20.3 Å². The SMILES string of the molecule is C=C(/C=C(/C)C(=C)CC)NCN(C)C. The molecule has 0 fully saturated rings. The van der Waals surface area contributed by atoms with E-state index in [9.17, 15) is 0 Å². The second kappa shape index (κ2) is 6.44. The summed E-state index contributed by atoms with van der Waals surface area (Å²) in [6.07, 6.45) is 3.03. The van der Waals surface area contributed by atoms with Crippen LogP contribution in [0.5, 0.6) is 0 Å². The lowest BCUT2D eigenvalue weighted by Crippen LogP contribution is -2.26. The van der Waals surface area contributed by atoms with Crippen molar-refractivity contribution in [2.75, 3.05) is 20.8 Å². The van der Waals surface area contributed by atoms with Crippen LogP contribution in [0.25, 0.3) is 0 Å². The summed E-state index contributed by atoms with van der Waals surface area (Å²) in [4.78, 5) is 2.06. The molecule has 0 aliphatic carbocycles. The summed E-state index contributed by atoms with van der Waals surface area (Å²) < 4.78 is 0. The molecule has 0 atom stereocenters. The molecule has 0 heterocycles. The van der Waals surface area contributed by atoms with Gasteiger partial charge in [0.05, 0.1) is 6.67 Å². The Balaban J connectivity index is 4.09. The van der Waals surface area contributed by atoms with Gasteiger partial charge in [-0.1, -0.05) is 25.7 Å². The first kappa shape index (κ1) is 13.0. The Morgan fingerprint density at radius 1 is 1.36 bits per heavy atom. The van der Waals surface area contributed by atoms with Crippen molar-refractivity contribution >= 4 is 0 Å². The summed E-state index contributed by atoms with van der Waals surface area (Å²) in [6.45, 7) is 12.9. The van der Waals surface area contributed by atoms with E-state index in [1.807, 2.05) is 20.2 Å². The Labute approximate surface area is 88.0 Å². The summed E-state index contributed by atoms with van der Waals surface area (Å²) in [6, 6.07) is 0. The topological polar surface area (TPSA) is 15.3 Å². The highest BCUT2D eigenvalue weighted by molar-refractivity contribution is 5.32. The molecule has 0 unspecified atom stereocenters. The molecule has 0 rings (SSSR count). The average Bonchev–Trinajstić information content (AvgIpc) is 2.13. The summed E-state index contributed by atoms with van der Waals surface area (Å²) in [7, 11) is 4.03. The number of hydrogen-bond donors (Lipinski definition) is 1. The first-order valence-electron chi connectivity index (χ1n) is 4.91. The zero-order valence-corrected chi connectivity index (χ0v) is 9.85. The molecule has 0 aromatic rings. The van der Waals surface area contributed by atoms with Crippen molar-refractivity contribution in [2.45, 2.75) is 20.3 Å². The average molecular weight is 194 g/mol. The van der Waals surface area contributed by atoms with E-state index in [-0.39, 0.29) is 0 Å². The minimum atomic E-state index is 0.807. The third-order valence-corrected chi connectivity index (χ3v) is 2.00. The fourth-order valence-corrected chi connectivity index (χ4v) is 0.953. The quantitative estimate of drug-likeness (QED) is 0.516. The Morgan fingerprint density at radius 3 is 2.36 bits per heavy atom. The predicted molar refractivity (Wildman–Crippen MR) is 64.0 cm³/mol. The van der Waals surface area contributed by atoms with E-state index in [0.717, 1.165) is 24.4 Å². The van der Waals surface area contributed by atoms with Crippen molar-refractivity contribution in [3.05, 3.63) is 36.1 Å². The standard InChI is InChI=1S/C12H22N2/c1-7-10(2)11(3)8-12(4)13-9-14(5)6/h8,13H,2,4,7,9H2,1,3,5-6H3/b11-8-. The predicted octanol–water partition coefficient (Wildman–Crippen LogP) is 2.52. The molecule has 2 nitrogen and oxygen atoms in total. The molecule has 0 aromatic carbocycles. The number of hydrogen-bond acceptors (Lipinski definition) is 2. The third kappa shape index (κ3) is 5.60. The highest BCUT2D eigenvalue weighted by Crippen LogP contribution is 2.11. The molecule has 2 heteroatoms. The van der Waals surface area contributed by atoms with Gasteiger partial charge in [0.2, 0.25) is 0 Å².